The van der Waals surface area contributed by atoms with Crippen molar-refractivity contribution in [2.75, 3.05) is 0 Å². The molecule has 0 spiro atoms. The van der Waals surface area contributed by atoms with E-state index >= 15 is 0 Å². The Morgan fingerprint density at radius 3 is 2.23 bits per heavy atom. The van der Waals surface area contributed by atoms with Crippen LogP contribution in [0.25, 0.3) is 33.8 Å². The molecule has 0 saturated carbocycles. The number of benzene rings is 3. The van der Waals surface area contributed by atoms with Crippen molar-refractivity contribution < 1.29 is 0 Å². The van der Waals surface area contributed by atoms with E-state index in [1.54, 1.807) is 0 Å². The van der Waals surface area contributed by atoms with Crippen LogP contribution in [0.5, 0.6) is 0 Å². The van der Waals surface area contributed by atoms with E-state index in [4.69, 9.17) is 0 Å². The number of aromatic nitrogens is 1. The molecule has 1 aromatic heterocycles. The van der Waals surface area contributed by atoms with Crippen LogP contribution in [-0.2, 0) is 6.42 Å². The van der Waals surface area contributed by atoms with E-state index in [0.717, 1.165) is 12.8 Å². The summed E-state index contributed by atoms with van der Waals surface area (Å²) >= 11 is 0. The first-order valence-electron chi connectivity index (χ1n) is 9.27. The Balaban J connectivity index is 1.65. The summed E-state index contributed by atoms with van der Waals surface area (Å²) in [5.74, 6) is 0. The van der Waals surface area contributed by atoms with Crippen LogP contribution in [0.1, 0.15) is 23.2 Å². The second-order valence-electron chi connectivity index (χ2n) is 7.07. The molecule has 4 aromatic rings. The van der Waals surface area contributed by atoms with Gasteiger partial charge in [0.15, 0.2) is 0 Å². The highest BCUT2D eigenvalue weighted by Gasteiger charge is 2.17. The standard InChI is InChI=1S/C25H21N/c1-18-10-12-19(13-11-18)20-14-16-21(17-15-20)26-24-8-4-2-6-22(24)23-7-3-5-9-25(23)26/h2-4,6-8,10-17H,5,9H2,1H3. The van der Waals surface area contributed by atoms with Gasteiger partial charge < -0.3 is 4.57 Å². The maximum absolute atomic E-state index is 2.44. The lowest BCUT2D eigenvalue weighted by atomic mass is 10.0. The second kappa shape index (κ2) is 6.03. The van der Waals surface area contributed by atoms with E-state index in [0.29, 0.717) is 0 Å². The Hall–Kier alpha value is -3.06. The van der Waals surface area contributed by atoms with Crippen LogP contribution in [-0.4, -0.2) is 4.57 Å². The number of nitrogens with zero attached hydrogens (tertiary/aromatic N) is 1. The summed E-state index contributed by atoms with van der Waals surface area (Å²) in [5, 5.41) is 1.35. The van der Waals surface area contributed by atoms with Gasteiger partial charge in [0, 0.05) is 22.3 Å². The molecule has 0 saturated heterocycles. The average Bonchev–Trinajstić information content (AvgIpc) is 3.03. The Morgan fingerprint density at radius 1 is 0.769 bits per heavy atom. The molecule has 126 valence electrons. The number of aryl methyl sites for hydroxylation is 1. The first-order chi connectivity index (χ1) is 12.8. The van der Waals surface area contributed by atoms with Crippen LogP contribution in [0.4, 0.5) is 0 Å². The van der Waals surface area contributed by atoms with Crippen molar-refractivity contribution in [1.29, 1.82) is 0 Å². The van der Waals surface area contributed by atoms with Crippen molar-refractivity contribution >= 4 is 17.0 Å². The van der Waals surface area contributed by atoms with Crippen molar-refractivity contribution in [3.8, 4) is 16.8 Å². The molecule has 1 heterocycles. The van der Waals surface area contributed by atoms with Crippen LogP contribution in [0, 0.1) is 6.92 Å². The van der Waals surface area contributed by atoms with E-state index in [-0.39, 0.29) is 0 Å². The van der Waals surface area contributed by atoms with Gasteiger partial charge in [0.05, 0.1) is 5.52 Å². The molecule has 1 aliphatic carbocycles. The van der Waals surface area contributed by atoms with E-state index in [2.05, 4.69) is 96.4 Å². The maximum Gasteiger partial charge on any atom is 0.0537 e. The molecule has 0 N–H and O–H groups in total. The van der Waals surface area contributed by atoms with Crippen molar-refractivity contribution in [2.24, 2.45) is 0 Å². The van der Waals surface area contributed by atoms with Crippen molar-refractivity contribution in [1.82, 2.24) is 4.57 Å². The number of hydrogen-bond acceptors (Lipinski definition) is 0. The topological polar surface area (TPSA) is 4.93 Å². The van der Waals surface area contributed by atoms with Gasteiger partial charge in [-0.05, 0) is 49.1 Å². The van der Waals surface area contributed by atoms with Gasteiger partial charge in [0.1, 0.15) is 0 Å². The highest BCUT2D eigenvalue weighted by Crippen LogP contribution is 2.34. The van der Waals surface area contributed by atoms with Gasteiger partial charge in [-0.1, -0.05) is 72.3 Å². The number of para-hydroxylation sites is 1. The molecule has 1 nitrogen and oxygen atoms in total. The molecule has 3 aromatic carbocycles. The highest BCUT2D eigenvalue weighted by molar-refractivity contribution is 5.93. The van der Waals surface area contributed by atoms with Crippen LogP contribution >= 0.6 is 0 Å². The molecular formula is C25H21N. The predicted octanol–water partition coefficient (Wildman–Crippen LogP) is 6.57. The third kappa shape index (κ3) is 2.40. The minimum absolute atomic E-state index is 1.10. The molecule has 5 rings (SSSR count). The molecule has 26 heavy (non-hydrogen) atoms. The lowest BCUT2D eigenvalue weighted by Crippen LogP contribution is -2.02. The SMILES string of the molecule is Cc1ccc(-c2ccc(-n3c4c(c5ccccc53)C=CCC4)cc2)cc1. The zero-order valence-corrected chi connectivity index (χ0v) is 14.9. The van der Waals surface area contributed by atoms with Crippen molar-refractivity contribution in [3.05, 3.63) is 95.7 Å². The van der Waals surface area contributed by atoms with Gasteiger partial charge in [-0.15, -0.1) is 0 Å². The van der Waals surface area contributed by atoms with E-state index in [9.17, 15) is 0 Å². The smallest absolute Gasteiger partial charge is 0.0537 e. The fourth-order valence-electron chi connectivity index (χ4n) is 4.02. The molecular weight excluding hydrogens is 314 g/mol. The van der Waals surface area contributed by atoms with Gasteiger partial charge >= 0.3 is 0 Å². The van der Waals surface area contributed by atoms with Gasteiger partial charge in [-0.25, -0.2) is 0 Å². The fourth-order valence-corrected chi connectivity index (χ4v) is 4.02. The molecule has 0 bridgehead atoms. The normalized spacial score (nSPS) is 13.1. The van der Waals surface area contributed by atoms with Crippen LogP contribution in [0.2, 0.25) is 0 Å². The monoisotopic (exact) mass is 335 g/mol. The van der Waals surface area contributed by atoms with E-state index < -0.39 is 0 Å². The first-order valence-corrected chi connectivity index (χ1v) is 9.27. The first kappa shape index (κ1) is 15.2. The van der Waals surface area contributed by atoms with Crippen LogP contribution < -0.4 is 0 Å². The summed E-state index contributed by atoms with van der Waals surface area (Å²) in [4.78, 5) is 0. The molecule has 0 unspecified atom stereocenters. The molecule has 0 fully saturated rings. The molecule has 0 amide bonds. The summed E-state index contributed by atoms with van der Waals surface area (Å²) in [5.41, 5.74) is 9.18. The van der Waals surface area contributed by atoms with E-state index in [1.165, 1.54) is 44.5 Å². The second-order valence-corrected chi connectivity index (χ2v) is 7.07. The summed E-state index contributed by atoms with van der Waals surface area (Å²) in [6.45, 7) is 2.13. The summed E-state index contributed by atoms with van der Waals surface area (Å²) in [6, 6.07) is 26.4. The highest BCUT2D eigenvalue weighted by atomic mass is 15.0. The molecule has 0 radical (unpaired) electrons. The lowest BCUT2D eigenvalue weighted by Gasteiger charge is -2.14. The van der Waals surface area contributed by atoms with Crippen LogP contribution in [0.15, 0.2) is 78.9 Å². The largest absolute Gasteiger partial charge is 0.313 e. The van der Waals surface area contributed by atoms with Crippen LogP contribution in [0.3, 0.4) is 0 Å². The zero-order valence-electron chi connectivity index (χ0n) is 14.9. The molecule has 1 heteroatoms. The van der Waals surface area contributed by atoms with E-state index in [1.807, 2.05) is 0 Å². The molecule has 0 aliphatic heterocycles. The summed E-state index contributed by atoms with van der Waals surface area (Å²) in [7, 11) is 0. The van der Waals surface area contributed by atoms with Gasteiger partial charge in [-0.3, -0.25) is 0 Å². The fraction of sp³-hybridized carbons (Fsp3) is 0.120. The zero-order chi connectivity index (χ0) is 17.5. The van der Waals surface area contributed by atoms with Gasteiger partial charge in [0.2, 0.25) is 0 Å². The molecule has 1 aliphatic rings. The predicted molar refractivity (Wildman–Crippen MR) is 111 cm³/mol. The quantitative estimate of drug-likeness (QED) is 0.390. The third-order valence-electron chi connectivity index (χ3n) is 5.36. The lowest BCUT2D eigenvalue weighted by molar-refractivity contribution is 0.888. The number of hydrogen-bond donors (Lipinski definition) is 0. The Kier molecular flexibility index (Phi) is 3.53. The molecule has 0 atom stereocenters. The number of rotatable bonds is 2. The Labute approximate surface area is 154 Å². The van der Waals surface area contributed by atoms with Crippen molar-refractivity contribution in [3.63, 3.8) is 0 Å². The van der Waals surface area contributed by atoms with Gasteiger partial charge in [-0.2, -0.15) is 0 Å². The Bertz CT molecular complexity index is 1110. The van der Waals surface area contributed by atoms with Crippen molar-refractivity contribution in [2.45, 2.75) is 19.8 Å². The third-order valence-corrected chi connectivity index (χ3v) is 5.36. The van der Waals surface area contributed by atoms with Gasteiger partial charge in [0.25, 0.3) is 0 Å². The number of fused-ring (bicyclic) bond motifs is 3. The average molecular weight is 335 g/mol. The minimum Gasteiger partial charge on any atom is -0.313 e. The summed E-state index contributed by atoms with van der Waals surface area (Å²) < 4.78 is 2.44. The number of allylic oxidation sites excluding steroid dienone is 1. The summed E-state index contributed by atoms with van der Waals surface area (Å²) in [6.07, 6.45) is 6.79. The maximum atomic E-state index is 2.44. The Morgan fingerprint density at radius 2 is 1.46 bits per heavy atom. The minimum atomic E-state index is 1.10.